The van der Waals surface area contributed by atoms with Crippen LogP contribution in [0, 0.1) is 3.57 Å². The van der Waals surface area contributed by atoms with E-state index in [4.69, 9.17) is 0 Å². The first-order chi connectivity index (χ1) is 14.1. The fourth-order valence-electron chi connectivity index (χ4n) is 3.58. The largest absolute Gasteiger partial charge is 0.348 e. The van der Waals surface area contributed by atoms with Gasteiger partial charge in [0.15, 0.2) is 0 Å². The quantitative estimate of drug-likeness (QED) is 0.446. The summed E-state index contributed by atoms with van der Waals surface area (Å²) in [6.07, 6.45) is 4.06. The Kier molecular flexibility index (Phi) is 6.30. The van der Waals surface area contributed by atoms with Crippen LogP contribution in [0.4, 0.5) is 5.00 Å². The number of benzene rings is 2. The lowest BCUT2D eigenvalue weighted by molar-refractivity contribution is 0.0951. The molecule has 4 rings (SSSR count). The third kappa shape index (κ3) is 4.53. The Morgan fingerprint density at radius 3 is 2.45 bits per heavy atom. The third-order valence-electron chi connectivity index (χ3n) is 5.04. The Hall–Kier alpha value is -2.19. The predicted octanol–water partition coefficient (Wildman–Crippen LogP) is 5.41. The predicted molar refractivity (Wildman–Crippen MR) is 126 cm³/mol. The number of nitrogens with one attached hydrogen (secondary N) is 2. The van der Waals surface area contributed by atoms with E-state index in [9.17, 15) is 9.59 Å². The van der Waals surface area contributed by atoms with Gasteiger partial charge in [-0.15, -0.1) is 11.3 Å². The lowest BCUT2D eigenvalue weighted by Gasteiger charge is -2.13. The number of carbonyl (C=O) groups is 2. The van der Waals surface area contributed by atoms with Crippen molar-refractivity contribution in [1.82, 2.24) is 5.32 Å². The minimum atomic E-state index is -0.175. The molecule has 0 unspecified atom stereocenters. The van der Waals surface area contributed by atoms with E-state index in [0.717, 1.165) is 40.4 Å². The van der Waals surface area contributed by atoms with Gasteiger partial charge in [-0.1, -0.05) is 42.5 Å². The zero-order valence-electron chi connectivity index (χ0n) is 15.8. The molecule has 1 aliphatic rings. The number of hydrogen-bond acceptors (Lipinski definition) is 3. The normalized spacial score (nSPS) is 12.9. The van der Waals surface area contributed by atoms with Crippen molar-refractivity contribution in [2.24, 2.45) is 0 Å². The monoisotopic (exact) mass is 516 g/mol. The van der Waals surface area contributed by atoms with Crippen molar-refractivity contribution < 1.29 is 9.59 Å². The number of aryl methyl sites for hydroxylation is 1. The van der Waals surface area contributed by atoms with Gasteiger partial charge in [-0.05, 0) is 71.5 Å². The summed E-state index contributed by atoms with van der Waals surface area (Å²) in [5.74, 6) is -0.294. The molecule has 0 radical (unpaired) electrons. The summed E-state index contributed by atoms with van der Waals surface area (Å²) in [4.78, 5) is 27.2. The Bertz CT molecular complexity index is 1050. The van der Waals surface area contributed by atoms with Gasteiger partial charge in [-0.3, -0.25) is 9.59 Å². The molecule has 1 aliphatic carbocycles. The minimum absolute atomic E-state index is 0.119. The fraction of sp³-hybridized carbons (Fsp3) is 0.217. The van der Waals surface area contributed by atoms with E-state index in [0.29, 0.717) is 22.7 Å². The highest BCUT2D eigenvalue weighted by atomic mass is 127. The molecule has 148 valence electrons. The number of fused-ring (bicyclic) bond motifs is 1. The van der Waals surface area contributed by atoms with Crippen LogP contribution in [0.15, 0.2) is 54.6 Å². The summed E-state index contributed by atoms with van der Waals surface area (Å²) in [7, 11) is 0. The average Bonchev–Trinajstić information content (AvgIpc) is 3.11. The molecule has 1 heterocycles. The Labute approximate surface area is 187 Å². The standard InChI is InChI=1S/C23H21IN2O2S/c24-18-12-6-4-10-16(18)21(27)26-23-20(17-11-5-7-13-19(17)29-23)22(28)25-14-15-8-2-1-3-9-15/h1-4,6,8-10,12H,5,7,11,13-14H2,(H,25,28)(H,26,27). The van der Waals surface area contributed by atoms with Crippen LogP contribution in [0.1, 0.15) is 49.6 Å². The maximum atomic E-state index is 13.1. The smallest absolute Gasteiger partial charge is 0.257 e. The summed E-state index contributed by atoms with van der Waals surface area (Å²) in [6.45, 7) is 0.467. The van der Waals surface area contributed by atoms with E-state index in [1.54, 1.807) is 17.4 Å². The number of halogens is 1. The second-order valence-electron chi connectivity index (χ2n) is 7.02. The second-order valence-corrected chi connectivity index (χ2v) is 9.28. The minimum Gasteiger partial charge on any atom is -0.348 e. The first kappa shape index (κ1) is 20.1. The molecule has 2 amide bonds. The van der Waals surface area contributed by atoms with Crippen molar-refractivity contribution >= 4 is 50.7 Å². The van der Waals surface area contributed by atoms with Crippen LogP contribution >= 0.6 is 33.9 Å². The van der Waals surface area contributed by atoms with Gasteiger partial charge >= 0.3 is 0 Å². The Morgan fingerprint density at radius 1 is 0.931 bits per heavy atom. The number of amides is 2. The topological polar surface area (TPSA) is 58.2 Å². The molecule has 3 aromatic rings. The average molecular weight is 516 g/mol. The second kappa shape index (κ2) is 9.09. The first-order valence-electron chi connectivity index (χ1n) is 9.66. The first-order valence-corrected chi connectivity index (χ1v) is 11.6. The van der Waals surface area contributed by atoms with Crippen molar-refractivity contribution in [3.63, 3.8) is 0 Å². The highest BCUT2D eigenvalue weighted by Crippen LogP contribution is 2.38. The van der Waals surface area contributed by atoms with Gasteiger partial charge in [0.25, 0.3) is 11.8 Å². The van der Waals surface area contributed by atoms with Gasteiger partial charge in [0, 0.05) is 15.0 Å². The van der Waals surface area contributed by atoms with E-state index in [1.807, 2.05) is 48.5 Å². The molecular weight excluding hydrogens is 495 g/mol. The van der Waals surface area contributed by atoms with E-state index in [-0.39, 0.29) is 11.8 Å². The van der Waals surface area contributed by atoms with Gasteiger partial charge in [-0.2, -0.15) is 0 Å². The molecule has 0 bridgehead atoms. The molecule has 2 N–H and O–H groups in total. The molecule has 0 saturated carbocycles. The van der Waals surface area contributed by atoms with E-state index in [2.05, 4.69) is 33.2 Å². The van der Waals surface area contributed by atoms with Crippen molar-refractivity contribution in [2.45, 2.75) is 32.2 Å². The molecule has 6 heteroatoms. The SMILES string of the molecule is O=C(Nc1sc2c(c1C(=O)NCc1ccccc1)CCCC2)c1ccccc1I. The van der Waals surface area contributed by atoms with Crippen LogP contribution in [0.2, 0.25) is 0 Å². The van der Waals surface area contributed by atoms with Crippen LogP contribution in [-0.4, -0.2) is 11.8 Å². The van der Waals surface area contributed by atoms with Gasteiger partial charge in [0.05, 0.1) is 11.1 Å². The zero-order chi connectivity index (χ0) is 20.2. The van der Waals surface area contributed by atoms with Gasteiger partial charge < -0.3 is 10.6 Å². The van der Waals surface area contributed by atoms with Crippen molar-refractivity contribution in [3.8, 4) is 0 Å². The van der Waals surface area contributed by atoms with Crippen LogP contribution < -0.4 is 10.6 Å². The molecule has 4 nitrogen and oxygen atoms in total. The Balaban J connectivity index is 1.60. The van der Waals surface area contributed by atoms with Crippen LogP contribution in [0.25, 0.3) is 0 Å². The number of hydrogen-bond donors (Lipinski definition) is 2. The molecule has 0 fully saturated rings. The zero-order valence-corrected chi connectivity index (χ0v) is 18.8. The van der Waals surface area contributed by atoms with E-state index in [1.165, 1.54) is 4.88 Å². The van der Waals surface area contributed by atoms with Crippen molar-refractivity contribution in [3.05, 3.63) is 85.3 Å². The van der Waals surface area contributed by atoms with Gasteiger partial charge in [0.1, 0.15) is 5.00 Å². The van der Waals surface area contributed by atoms with Crippen LogP contribution in [0.3, 0.4) is 0 Å². The molecule has 1 aromatic heterocycles. The number of carbonyl (C=O) groups excluding carboxylic acids is 2. The maximum absolute atomic E-state index is 13.1. The van der Waals surface area contributed by atoms with E-state index < -0.39 is 0 Å². The molecule has 29 heavy (non-hydrogen) atoms. The van der Waals surface area contributed by atoms with Gasteiger partial charge in [-0.25, -0.2) is 0 Å². The lowest BCUT2D eigenvalue weighted by atomic mass is 9.95. The molecule has 0 atom stereocenters. The molecule has 2 aromatic carbocycles. The van der Waals surface area contributed by atoms with Gasteiger partial charge in [0.2, 0.25) is 0 Å². The van der Waals surface area contributed by atoms with Crippen LogP contribution in [-0.2, 0) is 19.4 Å². The third-order valence-corrected chi connectivity index (χ3v) is 7.19. The highest BCUT2D eigenvalue weighted by molar-refractivity contribution is 14.1. The Morgan fingerprint density at radius 2 is 1.66 bits per heavy atom. The van der Waals surface area contributed by atoms with Crippen molar-refractivity contribution in [2.75, 3.05) is 5.32 Å². The molecule has 0 saturated heterocycles. The van der Waals surface area contributed by atoms with Crippen molar-refractivity contribution in [1.29, 1.82) is 0 Å². The maximum Gasteiger partial charge on any atom is 0.257 e. The number of thiophene rings is 1. The van der Waals surface area contributed by atoms with E-state index >= 15 is 0 Å². The molecular formula is C23H21IN2O2S. The summed E-state index contributed by atoms with van der Waals surface area (Å²) < 4.78 is 0.888. The van der Waals surface area contributed by atoms with Crippen LogP contribution in [0.5, 0.6) is 0 Å². The lowest BCUT2D eigenvalue weighted by Crippen LogP contribution is -2.25. The number of anilines is 1. The fourth-order valence-corrected chi connectivity index (χ4v) is 5.49. The summed E-state index contributed by atoms with van der Waals surface area (Å²) >= 11 is 3.71. The number of rotatable bonds is 5. The summed E-state index contributed by atoms with van der Waals surface area (Å²) in [6, 6.07) is 17.3. The highest BCUT2D eigenvalue weighted by Gasteiger charge is 2.26. The summed E-state index contributed by atoms with van der Waals surface area (Å²) in [5.41, 5.74) is 3.41. The molecule has 0 spiro atoms. The molecule has 0 aliphatic heterocycles. The summed E-state index contributed by atoms with van der Waals surface area (Å²) in [5, 5.41) is 6.71.